The minimum absolute atomic E-state index is 0.000721. The number of halogens is 1. The molecule has 28 heavy (non-hydrogen) atoms. The number of ether oxygens (including phenoxy) is 1. The lowest BCUT2D eigenvalue weighted by atomic mass is 9.73. The van der Waals surface area contributed by atoms with E-state index >= 15 is 0 Å². The minimum atomic E-state index is -0.619. The Morgan fingerprint density at radius 3 is 2.61 bits per heavy atom. The van der Waals surface area contributed by atoms with E-state index in [1.54, 1.807) is 23.1 Å². The Labute approximate surface area is 177 Å². The Bertz CT molecular complexity index is 818. The second-order valence-corrected chi connectivity index (χ2v) is 10.7. The third-order valence-electron chi connectivity index (χ3n) is 5.89. The summed E-state index contributed by atoms with van der Waals surface area (Å²) in [5.41, 5.74) is 1.50. The Morgan fingerprint density at radius 2 is 2.00 bits per heavy atom. The standard InChI is InChI=1S/C22H31ClN2O2S/c1-21(2,15-27-4)20(26)25-16(8-9-17-10-11-19(23)28-17)14-18(24-25)22(3)12-6-5-7-13-22/h10-11,14H,5-9,12-13,15H2,1-4H3. The van der Waals surface area contributed by atoms with Crippen LogP contribution < -0.4 is 0 Å². The first-order valence-electron chi connectivity index (χ1n) is 10.1. The Balaban J connectivity index is 1.91. The zero-order valence-corrected chi connectivity index (χ0v) is 19.0. The summed E-state index contributed by atoms with van der Waals surface area (Å²) >= 11 is 7.68. The fourth-order valence-corrected chi connectivity index (χ4v) is 5.19. The van der Waals surface area contributed by atoms with Crippen LogP contribution in [0.5, 0.6) is 0 Å². The largest absolute Gasteiger partial charge is 0.384 e. The van der Waals surface area contributed by atoms with Gasteiger partial charge in [0, 0.05) is 23.1 Å². The van der Waals surface area contributed by atoms with Crippen molar-refractivity contribution in [3.05, 3.63) is 38.8 Å². The highest BCUT2D eigenvalue weighted by atomic mass is 35.5. The molecule has 2 aromatic rings. The van der Waals surface area contributed by atoms with Gasteiger partial charge in [0.25, 0.3) is 5.91 Å². The summed E-state index contributed by atoms with van der Waals surface area (Å²) in [6.07, 6.45) is 7.67. The van der Waals surface area contributed by atoms with Gasteiger partial charge in [-0.1, -0.05) is 37.8 Å². The van der Waals surface area contributed by atoms with Crippen LogP contribution in [0.3, 0.4) is 0 Å². The molecule has 4 nitrogen and oxygen atoms in total. The highest BCUT2D eigenvalue weighted by Gasteiger charge is 2.35. The smallest absolute Gasteiger partial charge is 0.255 e. The second-order valence-electron chi connectivity index (χ2n) is 8.88. The first-order chi connectivity index (χ1) is 13.2. The fraction of sp³-hybridized carbons (Fsp3) is 0.636. The second kappa shape index (κ2) is 8.68. The zero-order chi connectivity index (χ0) is 20.4. The van der Waals surface area contributed by atoms with Crippen molar-refractivity contribution in [2.24, 2.45) is 5.41 Å². The number of carbonyl (C=O) groups excluding carboxylic acids is 1. The van der Waals surface area contributed by atoms with Gasteiger partial charge in [0.15, 0.2) is 0 Å². The lowest BCUT2D eigenvalue weighted by Gasteiger charge is -2.31. The maximum atomic E-state index is 13.3. The molecule has 0 aromatic carbocycles. The Kier molecular flexibility index (Phi) is 6.68. The average molecular weight is 423 g/mol. The molecule has 0 bridgehead atoms. The molecule has 0 aliphatic heterocycles. The monoisotopic (exact) mass is 422 g/mol. The van der Waals surface area contributed by atoms with Gasteiger partial charge in [0.1, 0.15) is 0 Å². The number of hydrogen-bond donors (Lipinski definition) is 0. The normalized spacial score (nSPS) is 17.0. The van der Waals surface area contributed by atoms with E-state index in [0.717, 1.165) is 41.4 Å². The summed E-state index contributed by atoms with van der Waals surface area (Å²) in [5, 5.41) is 4.86. The van der Waals surface area contributed by atoms with Crippen LogP contribution >= 0.6 is 22.9 Å². The maximum Gasteiger partial charge on any atom is 0.255 e. The van der Waals surface area contributed by atoms with Crippen LogP contribution in [0.25, 0.3) is 0 Å². The van der Waals surface area contributed by atoms with Crippen LogP contribution in [0.4, 0.5) is 0 Å². The molecule has 1 saturated carbocycles. The van der Waals surface area contributed by atoms with Crippen molar-refractivity contribution in [2.45, 2.75) is 71.1 Å². The van der Waals surface area contributed by atoms with Gasteiger partial charge in [0.05, 0.1) is 22.1 Å². The zero-order valence-electron chi connectivity index (χ0n) is 17.4. The molecule has 0 saturated heterocycles. The van der Waals surface area contributed by atoms with Crippen molar-refractivity contribution in [2.75, 3.05) is 13.7 Å². The number of aromatic nitrogens is 2. The molecule has 154 valence electrons. The number of nitrogens with zero attached hydrogens (tertiary/aromatic N) is 2. The van der Waals surface area contributed by atoms with E-state index in [1.807, 2.05) is 19.9 Å². The van der Waals surface area contributed by atoms with Crippen molar-refractivity contribution < 1.29 is 9.53 Å². The Morgan fingerprint density at radius 1 is 1.29 bits per heavy atom. The molecule has 0 unspecified atom stereocenters. The minimum Gasteiger partial charge on any atom is -0.384 e. The predicted molar refractivity (Wildman–Crippen MR) is 116 cm³/mol. The molecular weight excluding hydrogens is 392 g/mol. The summed E-state index contributed by atoms with van der Waals surface area (Å²) in [6.45, 7) is 6.52. The molecule has 2 aromatic heterocycles. The molecule has 3 rings (SSSR count). The third-order valence-corrected chi connectivity index (χ3v) is 7.18. The molecule has 1 aliphatic carbocycles. The Hall–Kier alpha value is -1.17. The van der Waals surface area contributed by atoms with Crippen LogP contribution in [0, 0.1) is 5.41 Å². The highest BCUT2D eigenvalue weighted by molar-refractivity contribution is 7.16. The molecule has 0 amide bonds. The van der Waals surface area contributed by atoms with E-state index in [2.05, 4.69) is 19.1 Å². The molecule has 0 radical (unpaired) electrons. The van der Waals surface area contributed by atoms with Gasteiger partial charge < -0.3 is 4.74 Å². The molecule has 1 aliphatic rings. The number of aryl methyl sites for hydroxylation is 2. The fourth-order valence-electron chi connectivity index (χ4n) is 4.10. The van der Waals surface area contributed by atoms with Gasteiger partial charge in [-0.2, -0.15) is 5.10 Å². The van der Waals surface area contributed by atoms with Gasteiger partial charge in [-0.25, -0.2) is 4.68 Å². The van der Waals surface area contributed by atoms with E-state index in [4.69, 9.17) is 21.4 Å². The lowest BCUT2D eigenvalue weighted by molar-refractivity contribution is 0.0521. The van der Waals surface area contributed by atoms with Crippen LogP contribution in [0.2, 0.25) is 4.34 Å². The molecule has 0 spiro atoms. The summed E-state index contributed by atoms with van der Waals surface area (Å²) < 4.78 is 7.75. The van der Waals surface area contributed by atoms with Crippen molar-refractivity contribution in [1.82, 2.24) is 9.78 Å². The van der Waals surface area contributed by atoms with Crippen LogP contribution in [0.1, 0.15) is 73.9 Å². The number of hydrogen-bond acceptors (Lipinski definition) is 4. The number of methoxy groups -OCH3 is 1. The number of carbonyl (C=O) groups is 1. The SMILES string of the molecule is COCC(C)(C)C(=O)n1nc(C2(C)CCCCC2)cc1CCc1ccc(Cl)s1. The highest BCUT2D eigenvalue weighted by Crippen LogP contribution is 2.39. The van der Waals surface area contributed by atoms with Crippen molar-refractivity contribution in [3.63, 3.8) is 0 Å². The molecular formula is C22H31ClN2O2S. The summed E-state index contributed by atoms with van der Waals surface area (Å²) in [5.74, 6) is -0.000721. The third kappa shape index (κ3) is 4.69. The molecule has 0 atom stereocenters. The first-order valence-corrected chi connectivity index (χ1v) is 11.3. The van der Waals surface area contributed by atoms with Gasteiger partial charge in [-0.3, -0.25) is 4.79 Å². The van der Waals surface area contributed by atoms with Crippen LogP contribution in [0.15, 0.2) is 18.2 Å². The van der Waals surface area contributed by atoms with E-state index in [9.17, 15) is 4.79 Å². The van der Waals surface area contributed by atoms with Gasteiger partial charge >= 0.3 is 0 Å². The quantitative estimate of drug-likeness (QED) is 0.556. The van der Waals surface area contributed by atoms with Gasteiger partial charge in [-0.05, 0) is 57.7 Å². The summed E-state index contributed by atoms with van der Waals surface area (Å²) in [4.78, 5) is 14.5. The summed E-state index contributed by atoms with van der Waals surface area (Å²) in [6, 6.07) is 6.16. The first kappa shape index (κ1) is 21.5. The van der Waals surface area contributed by atoms with Gasteiger partial charge in [0.2, 0.25) is 0 Å². The van der Waals surface area contributed by atoms with E-state index in [1.165, 1.54) is 24.1 Å². The number of thiophene rings is 1. The maximum absolute atomic E-state index is 13.3. The predicted octanol–water partition coefficient (Wildman–Crippen LogP) is 5.92. The van der Waals surface area contributed by atoms with Crippen molar-refractivity contribution in [1.29, 1.82) is 0 Å². The van der Waals surface area contributed by atoms with E-state index in [-0.39, 0.29) is 11.3 Å². The topological polar surface area (TPSA) is 44.1 Å². The average Bonchev–Trinajstić information content (AvgIpc) is 3.26. The lowest BCUT2D eigenvalue weighted by Crippen LogP contribution is -2.36. The number of rotatable bonds is 7. The van der Waals surface area contributed by atoms with Crippen molar-refractivity contribution in [3.8, 4) is 0 Å². The summed E-state index contributed by atoms with van der Waals surface area (Å²) in [7, 11) is 1.63. The van der Waals surface area contributed by atoms with Crippen LogP contribution in [-0.4, -0.2) is 29.4 Å². The van der Waals surface area contributed by atoms with E-state index in [0.29, 0.717) is 6.61 Å². The molecule has 2 heterocycles. The van der Waals surface area contributed by atoms with Crippen molar-refractivity contribution >= 4 is 28.8 Å². The van der Waals surface area contributed by atoms with E-state index < -0.39 is 5.41 Å². The molecule has 0 N–H and O–H groups in total. The molecule has 6 heteroatoms. The van der Waals surface area contributed by atoms with Crippen LogP contribution in [-0.2, 0) is 23.0 Å². The van der Waals surface area contributed by atoms with Gasteiger partial charge in [-0.15, -0.1) is 11.3 Å². The molecule has 1 fully saturated rings.